The first kappa shape index (κ1) is 22.4. The summed E-state index contributed by atoms with van der Waals surface area (Å²) in [4.78, 5) is 15.0. The molecule has 0 amide bonds. The summed E-state index contributed by atoms with van der Waals surface area (Å²) < 4.78 is 5.37. The number of carboxylic acid groups (broad SMARTS) is 1. The van der Waals surface area contributed by atoms with Crippen molar-refractivity contribution in [3.63, 3.8) is 0 Å². The first-order valence-electron chi connectivity index (χ1n) is 11.3. The molecule has 4 N–H and O–H groups in total. The van der Waals surface area contributed by atoms with E-state index >= 15 is 0 Å². The van der Waals surface area contributed by atoms with Gasteiger partial charge in [-0.3, -0.25) is 0 Å². The van der Waals surface area contributed by atoms with Gasteiger partial charge in [-0.2, -0.15) is 0 Å². The van der Waals surface area contributed by atoms with Crippen LogP contribution >= 0.6 is 0 Å². The number of carbonyl (C=O) groups is 1. The van der Waals surface area contributed by atoms with Crippen LogP contribution in [0.2, 0.25) is 0 Å². The number of hydrogen-bond donors (Lipinski definition) is 4. The van der Waals surface area contributed by atoms with Gasteiger partial charge in [-0.05, 0) is 61.6 Å². The van der Waals surface area contributed by atoms with E-state index in [2.05, 4.69) is 16.4 Å². The number of carboxylic acids is 1. The molecule has 0 bridgehead atoms. The molecule has 4 rings (SSSR count). The second kappa shape index (κ2) is 8.96. The fraction of sp³-hybridized carbons (Fsp3) is 0.423. The molecule has 6 heteroatoms. The standard InChI is InChI=1S/C26H32N2O4/c1-16-11-17(2)23-21(24(25(29)30)28-22(23)12-16)15-27-14-19-7-4-5-10-26(19,31)18-8-6-9-20(13-18)32-3/h6,8-9,11-13,19,27-28,31H,4-5,7,10,14-15H2,1-3H3,(H,29,30). The van der Waals surface area contributed by atoms with Crippen molar-refractivity contribution in [3.8, 4) is 5.75 Å². The molecule has 2 atom stereocenters. The number of aryl methyl sites for hydroxylation is 2. The Morgan fingerprint density at radius 1 is 1.25 bits per heavy atom. The molecule has 2 aromatic carbocycles. The minimum atomic E-state index is -0.958. The Hall–Kier alpha value is -2.83. The van der Waals surface area contributed by atoms with Crippen molar-refractivity contribution in [1.82, 2.24) is 10.3 Å². The first-order chi connectivity index (χ1) is 15.3. The molecule has 1 aliphatic rings. The molecule has 0 radical (unpaired) electrons. The summed E-state index contributed by atoms with van der Waals surface area (Å²) in [6, 6.07) is 11.8. The van der Waals surface area contributed by atoms with E-state index in [4.69, 9.17) is 4.74 Å². The van der Waals surface area contributed by atoms with E-state index in [-0.39, 0.29) is 11.6 Å². The third-order valence-electron chi connectivity index (χ3n) is 6.85. The predicted octanol–water partition coefficient (Wildman–Crippen LogP) is 4.66. The fourth-order valence-corrected chi connectivity index (χ4v) is 5.30. The predicted molar refractivity (Wildman–Crippen MR) is 125 cm³/mol. The molecule has 1 saturated carbocycles. The highest BCUT2D eigenvalue weighted by Crippen LogP contribution is 2.42. The number of nitrogens with one attached hydrogen (secondary N) is 2. The van der Waals surface area contributed by atoms with Gasteiger partial charge in [-0.15, -0.1) is 0 Å². The lowest BCUT2D eigenvalue weighted by Crippen LogP contribution is -2.43. The van der Waals surface area contributed by atoms with Gasteiger partial charge in [0.2, 0.25) is 0 Å². The van der Waals surface area contributed by atoms with E-state index in [1.807, 2.05) is 44.2 Å². The zero-order valence-electron chi connectivity index (χ0n) is 19.0. The Morgan fingerprint density at radius 2 is 2.06 bits per heavy atom. The van der Waals surface area contributed by atoms with E-state index in [0.29, 0.717) is 19.5 Å². The number of ether oxygens (including phenoxy) is 1. The van der Waals surface area contributed by atoms with Crippen LogP contribution in [0.4, 0.5) is 0 Å². The summed E-state index contributed by atoms with van der Waals surface area (Å²) in [5.74, 6) is -0.186. The van der Waals surface area contributed by atoms with E-state index < -0.39 is 11.6 Å². The van der Waals surface area contributed by atoms with Gasteiger partial charge < -0.3 is 25.3 Å². The van der Waals surface area contributed by atoms with Crippen molar-refractivity contribution in [2.75, 3.05) is 13.7 Å². The maximum atomic E-state index is 11.9. The highest BCUT2D eigenvalue weighted by Gasteiger charge is 2.40. The Kier molecular flexibility index (Phi) is 6.26. The molecule has 2 unspecified atom stereocenters. The molecule has 170 valence electrons. The molecular formula is C26H32N2O4. The summed E-state index contributed by atoms with van der Waals surface area (Å²) in [5.41, 5.74) is 3.96. The minimum absolute atomic E-state index is 0.0326. The number of aromatic nitrogens is 1. The molecule has 1 fully saturated rings. The molecule has 0 saturated heterocycles. The number of methoxy groups -OCH3 is 1. The molecule has 1 heterocycles. The number of aromatic amines is 1. The number of H-pyrrole nitrogens is 1. The molecule has 1 aliphatic carbocycles. The quantitative estimate of drug-likeness (QED) is 0.432. The van der Waals surface area contributed by atoms with Gasteiger partial charge in [-0.25, -0.2) is 4.79 Å². The highest BCUT2D eigenvalue weighted by atomic mass is 16.5. The van der Waals surface area contributed by atoms with Crippen LogP contribution in [-0.2, 0) is 12.1 Å². The van der Waals surface area contributed by atoms with Crippen molar-refractivity contribution < 1.29 is 19.7 Å². The molecule has 1 aromatic heterocycles. The molecular weight excluding hydrogens is 404 g/mol. The Morgan fingerprint density at radius 3 is 2.81 bits per heavy atom. The van der Waals surface area contributed by atoms with Gasteiger partial charge in [0.1, 0.15) is 11.4 Å². The zero-order valence-corrected chi connectivity index (χ0v) is 19.0. The van der Waals surface area contributed by atoms with Crippen molar-refractivity contribution in [2.45, 2.75) is 51.7 Å². The maximum absolute atomic E-state index is 11.9. The topological polar surface area (TPSA) is 94.6 Å². The molecule has 0 aliphatic heterocycles. The monoisotopic (exact) mass is 436 g/mol. The van der Waals surface area contributed by atoms with Gasteiger partial charge >= 0.3 is 5.97 Å². The number of fused-ring (bicyclic) bond motifs is 1. The van der Waals surface area contributed by atoms with Gasteiger partial charge in [0.15, 0.2) is 0 Å². The minimum Gasteiger partial charge on any atom is -0.497 e. The van der Waals surface area contributed by atoms with Crippen molar-refractivity contribution in [2.24, 2.45) is 5.92 Å². The van der Waals surface area contributed by atoms with Crippen LogP contribution in [0.1, 0.15) is 58.4 Å². The summed E-state index contributed by atoms with van der Waals surface area (Å²) in [5, 5.41) is 25.8. The lowest BCUT2D eigenvalue weighted by atomic mass is 9.71. The molecule has 3 aromatic rings. The average Bonchev–Trinajstić information content (AvgIpc) is 3.14. The lowest BCUT2D eigenvalue weighted by molar-refractivity contribution is -0.0538. The largest absolute Gasteiger partial charge is 0.497 e. The number of aliphatic hydroxyl groups is 1. The first-order valence-corrected chi connectivity index (χ1v) is 11.3. The van der Waals surface area contributed by atoms with Gasteiger partial charge in [-0.1, -0.05) is 31.0 Å². The van der Waals surface area contributed by atoms with E-state index in [0.717, 1.165) is 58.2 Å². The van der Waals surface area contributed by atoms with Crippen molar-refractivity contribution in [3.05, 3.63) is 64.3 Å². The van der Waals surface area contributed by atoms with E-state index in [9.17, 15) is 15.0 Å². The van der Waals surface area contributed by atoms with E-state index in [1.54, 1.807) is 7.11 Å². The third-order valence-corrected chi connectivity index (χ3v) is 6.85. The van der Waals surface area contributed by atoms with Crippen LogP contribution in [0.25, 0.3) is 10.9 Å². The summed E-state index contributed by atoms with van der Waals surface area (Å²) in [6.07, 6.45) is 3.68. The normalized spacial score (nSPS) is 21.1. The second-order valence-electron chi connectivity index (χ2n) is 9.02. The van der Waals surface area contributed by atoms with E-state index in [1.165, 1.54) is 0 Å². The van der Waals surface area contributed by atoms with Crippen LogP contribution in [0.15, 0.2) is 36.4 Å². The number of benzene rings is 2. The van der Waals surface area contributed by atoms with Gasteiger partial charge in [0.25, 0.3) is 0 Å². The number of rotatable bonds is 7. The van der Waals surface area contributed by atoms with Crippen LogP contribution in [0.3, 0.4) is 0 Å². The number of aromatic carboxylic acids is 1. The van der Waals surface area contributed by atoms with Crippen LogP contribution < -0.4 is 10.1 Å². The van der Waals surface area contributed by atoms with Gasteiger partial charge in [0.05, 0.1) is 12.7 Å². The molecule has 32 heavy (non-hydrogen) atoms. The van der Waals surface area contributed by atoms with Crippen LogP contribution in [0, 0.1) is 19.8 Å². The highest BCUT2D eigenvalue weighted by molar-refractivity contribution is 5.98. The fourth-order valence-electron chi connectivity index (χ4n) is 5.30. The summed E-state index contributed by atoms with van der Waals surface area (Å²) >= 11 is 0. The summed E-state index contributed by atoms with van der Waals surface area (Å²) in [7, 11) is 1.63. The summed E-state index contributed by atoms with van der Waals surface area (Å²) in [6.45, 7) is 5.05. The van der Waals surface area contributed by atoms with Crippen LogP contribution in [0.5, 0.6) is 5.75 Å². The average molecular weight is 437 g/mol. The molecule has 0 spiro atoms. The molecule has 6 nitrogen and oxygen atoms in total. The van der Waals surface area contributed by atoms with Crippen LogP contribution in [-0.4, -0.2) is 34.8 Å². The zero-order chi connectivity index (χ0) is 22.9. The Labute approximate surface area is 188 Å². The Balaban J connectivity index is 1.57. The SMILES string of the molecule is COc1cccc(C2(O)CCCCC2CNCc2c(C(=O)O)[nH]c3cc(C)cc(C)c23)c1. The second-order valence-corrected chi connectivity index (χ2v) is 9.02. The number of hydrogen-bond acceptors (Lipinski definition) is 4. The van der Waals surface area contributed by atoms with Crippen molar-refractivity contribution >= 4 is 16.9 Å². The maximum Gasteiger partial charge on any atom is 0.352 e. The van der Waals surface area contributed by atoms with Crippen molar-refractivity contribution in [1.29, 1.82) is 0 Å². The Bertz CT molecular complexity index is 1140. The lowest BCUT2D eigenvalue weighted by Gasteiger charge is -2.41. The smallest absolute Gasteiger partial charge is 0.352 e. The third kappa shape index (κ3) is 4.12. The van der Waals surface area contributed by atoms with Gasteiger partial charge in [0, 0.05) is 35.5 Å².